The third-order valence-electron chi connectivity index (χ3n) is 7.62. The van der Waals surface area contributed by atoms with Crippen LogP contribution in [0.1, 0.15) is 54.1 Å². The normalized spacial score (nSPS) is 19.5. The number of Topliss-reactive ketones (excluding diaryl/α,β-unsaturated/α-hetero) is 1. The Labute approximate surface area is 238 Å². The molecule has 0 bridgehead atoms. The van der Waals surface area contributed by atoms with Gasteiger partial charge < -0.3 is 38.9 Å². The second-order valence-corrected chi connectivity index (χ2v) is 10.9. The number of benzene rings is 2. The van der Waals surface area contributed by atoms with Crippen molar-refractivity contribution in [2.75, 3.05) is 45.2 Å². The van der Waals surface area contributed by atoms with Crippen molar-refractivity contribution in [3.8, 4) is 23.0 Å². The monoisotopic (exact) mass is 565 g/mol. The molecule has 3 heterocycles. The van der Waals surface area contributed by atoms with Gasteiger partial charge in [-0.15, -0.1) is 0 Å². The van der Waals surface area contributed by atoms with Gasteiger partial charge in [-0.1, -0.05) is 6.92 Å². The molecular formula is C30H35N3O8. The van der Waals surface area contributed by atoms with Crippen LogP contribution < -0.4 is 29.2 Å². The zero-order valence-electron chi connectivity index (χ0n) is 24.5. The minimum Gasteiger partial charge on any atom is -0.493 e. The van der Waals surface area contributed by atoms with Gasteiger partial charge in [-0.25, -0.2) is 4.79 Å². The zero-order chi connectivity index (χ0) is 29.8. The largest absolute Gasteiger partial charge is 0.493 e. The molecule has 41 heavy (non-hydrogen) atoms. The molecule has 2 aromatic carbocycles. The topological polar surface area (TPSA) is 128 Å². The first-order valence-electron chi connectivity index (χ1n) is 13.4. The van der Waals surface area contributed by atoms with Gasteiger partial charge in [0.05, 0.1) is 57.0 Å². The third kappa shape index (κ3) is 4.30. The number of carbonyl (C=O) groups excluding carboxylic acids is 3. The Bertz CT molecular complexity index is 1580. The van der Waals surface area contributed by atoms with Gasteiger partial charge in [0.2, 0.25) is 11.5 Å². The molecule has 1 amide bonds. The second kappa shape index (κ2) is 10.2. The summed E-state index contributed by atoms with van der Waals surface area (Å²) in [4.78, 5) is 45.6. The van der Waals surface area contributed by atoms with E-state index in [-0.39, 0.29) is 17.9 Å². The molecule has 0 unspecified atom stereocenters. The maximum atomic E-state index is 14.2. The first-order chi connectivity index (χ1) is 19.5. The summed E-state index contributed by atoms with van der Waals surface area (Å²) in [6.07, 6.45) is 0.319. The highest BCUT2D eigenvalue weighted by molar-refractivity contribution is 6.26. The number of aromatic nitrogens is 1. The number of hydrogen-bond acceptors (Lipinski definition) is 9. The maximum Gasteiger partial charge on any atom is 0.339 e. The number of carbonyl (C=O) groups is 3. The number of rotatable bonds is 7. The number of ketones is 1. The van der Waals surface area contributed by atoms with E-state index in [9.17, 15) is 14.4 Å². The molecule has 0 fully saturated rings. The van der Waals surface area contributed by atoms with Gasteiger partial charge in [-0.2, -0.15) is 0 Å². The lowest BCUT2D eigenvalue weighted by molar-refractivity contribution is -0.143. The Kier molecular flexibility index (Phi) is 7.00. The van der Waals surface area contributed by atoms with E-state index in [0.29, 0.717) is 75.1 Å². The van der Waals surface area contributed by atoms with E-state index in [2.05, 4.69) is 10.3 Å². The number of H-pyrrole nitrogens is 1. The van der Waals surface area contributed by atoms with E-state index in [0.717, 1.165) is 0 Å². The first-order valence-corrected chi connectivity index (χ1v) is 13.4. The molecule has 0 aliphatic carbocycles. The molecule has 218 valence electrons. The highest BCUT2D eigenvalue weighted by Crippen LogP contribution is 2.49. The SMILES string of the molecule is COC(=O)[C@]1(C)Nc2c(OC(C)C)cc3c(c2C1=O)C[C@H](C)CN3C(=O)c1cc2cc(OC)c(OC)c(OC)c2[nH]1. The van der Waals surface area contributed by atoms with E-state index in [1.54, 1.807) is 23.1 Å². The first kappa shape index (κ1) is 28.1. The van der Waals surface area contributed by atoms with E-state index in [4.69, 9.17) is 23.7 Å². The van der Waals surface area contributed by atoms with Crippen LogP contribution in [-0.2, 0) is 16.0 Å². The lowest BCUT2D eigenvalue weighted by atomic mass is 9.85. The van der Waals surface area contributed by atoms with Crippen molar-refractivity contribution < 1.29 is 38.1 Å². The van der Waals surface area contributed by atoms with Crippen LogP contribution in [0.4, 0.5) is 11.4 Å². The van der Waals surface area contributed by atoms with Gasteiger partial charge in [0, 0.05) is 18.0 Å². The molecule has 11 nitrogen and oxygen atoms in total. The van der Waals surface area contributed by atoms with E-state index >= 15 is 0 Å². The Morgan fingerprint density at radius 1 is 1.02 bits per heavy atom. The average molecular weight is 566 g/mol. The highest BCUT2D eigenvalue weighted by atomic mass is 16.5. The van der Waals surface area contributed by atoms with Crippen molar-refractivity contribution in [1.29, 1.82) is 0 Å². The van der Waals surface area contributed by atoms with E-state index < -0.39 is 17.3 Å². The maximum absolute atomic E-state index is 14.2. The molecule has 2 aliphatic heterocycles. The van der Waals surface area contributed by atoms with Crippen LogP contribution in [0.3, 0.4) is 0 Å². The molecule has 5 rings (SSSR count). The summed E-state index contributed by atoms with van der Waals surface area (Å²) in [6, 6.07) is 5.29. The summed E-state index contributed by atoms with van der Waals surface area (Å²) in [6.45, 7) is 7.68. The fourth-order valence-electron chi connectivity index (χ4n) is 5.78. The van der Waals surface area contributed by atoms with Crippen LogP contribution in [0.15, 0.2) is 18.2 Å². The van der Waals surface area contributed by atoms with E-state index in [1.807, 2.05) is 20.8 Å². The molecule has 1 aromatic heterocycles. The van der Waals surface area contributed by atoms with Gasteiger partial charge >= 0.3 is 5.97 Å². The van der Waals surface area contributed by atoms with Gasteiger partial charge in [-0.05, 0) is 50.8 Å². The standard InChI is InChI=1S/C30H35N3O8/c1-14(2)41-20-12-19-17(22-24(20)32-30(4,27(22)34)29(36)40-8)9-15(3)13-33(19)28(35)18-10-16-11-21(37-5)25(38-6)26(39-7)23(16)31-18/h10-12,14-15,31-32H,9,13H2,1-8H3/t15-,30+/m0/s1. The van der Waals surface area contributed by atoms with Crippen molar-refractivity contribution in [3.05, 3.63) is 35.0 Å². The van der Waals surface area contributed by atoms with Crippen LogP contribution in [0.25, 0.3) is 10.9 Å². The molecule has 2 aliphatic rings. The number of fused-ring (bicyclic) bond motifs is 4. The molecule has 2 atom stereocenters. The lowest BCUT2D eigenvalue weighted by Gasteiger charge is -2.34. The number of ether oxygens (including phenoxy) is 5. The number of anilines is 2. The van der Waals surface area contributed by atoms with Crippen molar-refractivity contribution in [2.45, 2.75) is 45.8 Å². The predicted octanol–water partition coefficient (Wildman–Crippen LogP) is 4.36. The highest BCUT2D eigenvalue weighted by Gasteiger charge is 2.52. The molecule has 2 N–H and O–H groups in total. The van der Waals surface area contributed by atoms with Gasteiger partial charge in [-0.3, -0.25) is 9.59 Å². The number of esters is 1. The average Bonchev–Trinajstić information content (AvgIpc) is 3.50. The number of methoxy groups -OCH3 is 4. The Hall–Kier alpha value is -4.41. The van der Waals surface area contributed by atoms with Gasteiger partial charge in [0.1, 0.15) is 11.4 Å². The number of nitrogens with zero attached hydrogens (tertiary/aromatic N) is 1. The van der Waals surface area contributed by atoms with E-state index in [1.165, 1.54) is 35.4 Å². The summed E-state index contributed by atoms with van der Waals surface area (Å²) < 4.78 is 27.7. The van der Waals surface area contributed by atoms with Crippen molar-refractivity contribution in [1.82, 2.24) is 4.98 Å². The smallest absolute Gasteiger partial charge is 0.339 e. The minimum atomic E-state index is -1.61. The zero-order valence-corrected chi connectivity index (χ0v) is 24.5. The van der Waals surface area contributed by atoms with Gasteiger partial charge in [0.15, 0.2) is 17.0 Å². The van der Waals surface area contributed by atoms with Crippen LogP contribution in [0.5, 0.6) is 23.0 Å². The number of hydrogen-bond donors (Lipinski definition) is 2. The molecule has 0 radical (unpaired) electrons. The summed E-state index contributed by atoms with van der Waals surface area (Å²) in [5, 5.41) is 3.79. The van der Waals surface area contributed by atoms with Crippen LogP contribution >= 0.6 is 0 Å². The second-order valence-electron chi connectivity index (χ2n) is 10.9. The fourth-order valence-corrected chi connectivity index (χ4v) is 5.78. The summed E-state index contributed by atoms with van der Waals surface area (Å²) in [5.41, 5.74) is 1.34. The predicted molar refractivity (Wildman–Crippen MR) is 153 cm³/mol. The molecular weight excluding hydrogens is 530 g/mol. The van der Waals surface area contributed by atoms with Crippen LogP contribution in [0.2, 0.25) is 0 Å². The summed E-state index contributed by atoms with van der Waals surface area (Å²) >= 11 is 0. The van der Waals surface area contributed by atoms with Crippen molar-refractivity contribution in [2.24, 2.45) is 5.92 Å². The van der Waals surface area contributed by atoms with Gasteiger partial charge in [0.25, 0.3) is 5.91 Å². The molecule has 0 spiro atoms. The Balaban J connectivity index is 1.67. The third-order valence-corrected chi connectivity index (χ3v) is 7.62. The Morgan fingerprint density at radius 2 is 1.73 bits per heavy atom. The Morgan fingerprint density at radius 3 is 2.34 bits per heavy atom. The molecule has 0 saturated heterocycles. The summed E-state index contributed by atoms with van der Waals surface area (Å²) in [7, 11) is 5.81. The van der Waals surface area contributed by atoms with Crippen LogP contribution in [0, 0.1) is 5.92 Å². The van der Waals surface area contributed by atoms with Crippen LogP contribution in [-0.4, -0.2) is 69.3 Å². The molecule has 3 aromatic rings. The summed E-state index contributed by atoms with van der Waals surface area (Å²) in [5.74, 6) is 0.303. The molecule has 0 saturated carbocycles. The van der Waals surface area contributed by atoms with Crippen molar-refractivity contribution in [3.63, 3.8) is 0 Å². The molecule has 11 heteroatoms. The minimum absolute atomic E-state index is 0.0318. The van der Waals surface area contributed by atoms with Crippen molar-refractivity contribution >= 4 is 39.9 Å². The lowest BCUT2D eigenvalue weighted by Crippen LogP contribution is -2.47. The number of amides is 1. The number of aromatic amines is 1. The number of nitrogens with one attached hydrogen (secondary N) is 2. The quantitative estimate of drug-likeness (QED) is 0.317. The fraction of sp³-hybridized carbons (Fsp3) is 0.433.